The summed E-state index contributed by atoms with van der Waals surface area (Å²) in [7, 11) is 0. The summed E-state index contributed by atoms with van der Waals surface area (Å²) in [6.07, 6.45) is 7.04. The third-order valence-corrected chi connectivity index (χ3v) is 8.89. The molecule has 0 N–H and O–H groups in total. The number of nitrogens with zero attached hydrogens (tertiary/aromatic N) is 1. The lowest BCUT2D eigenvalue weighted by atomic mass is 9.86. The standard InChI is InChI=1S/C43H33N/c1-30-20-21-33-29-34(23-22-32(33)28-30)43-40-18-10-8-16-38(40)42(39-17-9-11-19-41(39)43)31-24-26-37(27-25-31)44(35-12-4-2-5-13-35)36-14-6-3-7-15-36/h2-8,10,12-29H,9,11H2,1H3. The zero-order valence-corrected chi connectivity index (χ0v) is 24.9. The predicted molar refractivity (Wildman–Crippen MR) is 189 cm³/mol. The molecule has 0 atom stereocenters. The Balaban J connectivity index is 1.32. The Morgan fingerprint density at radius 1 is 0.432 bits per heavy atom. The van der Waals surface area contributed by atoms with Crippen LogP contribution in [0.25, 0.3) is 56.0 Å². The number of fused-ring (bicyclic) bond motifs is 3. The van der Waals surface area contributed by atoms with Crippen molar-refractivity contribution >= 4 is 50.8 Å². The number of hydrogen-bond acceptors (Lipinski definition) is 1. The van der Waals surface area contributed by atoms with Gasteiger partial charge in [-0.25, -0.2) is 0 Å². The zero-order chi connectivity index (χ0) is 29.5. The van der Waals surface area contributed by atoms with Crippen molar-refractivity contribution in [2.45, 2.75) is 19.8 Å². The molecule has 0 amide bonds. The SMILES string of the molecule is Cc1ccc2cc(-c3c4c(c(-c5ccc(N(c6ccccc6)c6ccccc6)cc5)c5ccccc35)=CCCC=4)ccc2c1. The van der Waals surface area contributed by atoms with Gasteiger partial charge in [0.15, 0.2) is 0 Å². The molecule has 44 heavy (non-hydrogen) atoms. The number of hydrogen-bond donors (Lipinski definition) is 0. The third-order valence-electron chi connectivity index (χ3n) is 8.89. The first kappa shape index (κ1) is 26.2. The Morgan fingerprint density at radius 2 is 0.909 bits per heavy atom. The molecule has 0 unspecified atom stereocenters. The molecule has 1 aliphatic carbocycles. The quantitative estimate of drug-likeness (QED) is 0.201. The van der Waals surface area contributed by atoms with Gasteiger partial charge in [-0.1, -0.05) is 121 Å². The van der Waals surface area contributed by atoms with Crippen molar-refractivity contribution in [3.05, 3.63) is 162 Å². The van der Waals surface area contributed by atoms with Crippen LogP contribution in [0, 0.1) is 6.92 Å². The topological polar surface area (TPSA) is 3.24 Å². The first-order chi connectivity index (χ1) is 21.7. The van der Waals surface area contributed by atoms with Gasteiger partial charge < -0.3 is 4.90 Å². The molecular weight excluding hydrogens is 530 g/mol. The normalized spacial score (nSPS) is 12.4. The van der Waals surface area contributed by atoms with Crippen LogP contribution < -0.4 is 15.3 Å². The van der Waals surface area contributed by atoms with E-state index in [1.54, 1.807) is 0 Å². The number of aryl methyl sites for hydroxylation is 1. The Hall–Kier alpha value is -5.40. The molecule has 0 spiro atoms. The highest BCUT2D eigenvalue weighted by Gasteiger charge is 2.17. The molecule has 0 saturated heterocycles. The van der Waals surface area contributed by atoms with Gasteiger partial charge in [-0.3, -0.25) is 0 Å². The van der Waals surface area contributed by atoms with Gasteiger partial charge in [-0.2, -0.15) is 0 Å². The largest absolute Gasteiger partial charge is 0.311 e. The van der Waals surface area contributed by atoms with Crippen molar-refractivity contribution in [2.24, 2.45) is 0 Å². The minimum absolute atomic E-state index is 1.06. The second kappa shape index (κ2) is 11.0. The van der Waals surface area contributed by atoms with Crippen LogP contribution in [0.15, 0.2) is 146 Å². The van der Waals surface area contributed by atoms with E-state index in [1.165, 1.54) is 59.8 Å². The van der Waals surface area contributed by atoms with Crippen LogP contribution in [0.3, 0.4) is 0 Å². The van der Waals surface area contributed by atoms with Crippen molar-refractivity contribution in [1.82, 2.24) is 0 Å². The van der Waals surface area contributed by atoms with Gasteiger partial charge in [0.05, 0.1) is 0 Å². The third kappa shape index (κ3) is 4.58. The van der Waals surface area contributed by atoms with E-state index in [1.807, 2.05) is 0 Å². The Bertz CT molecular complexity index is 2220. The van der Waals surface area contributed by atoms with Gasteiger partial charge in [-0.05, 0) is 116 Å². The molecule has 210 valence electrons. The lowest BCUT2D eigenvalue weighted by Gasteiger charge is -2.25. The van der Waals surface area contributed by atoms with E-state index in [0.29, 0.717) is 0 Å². The van der Waals surface area contributed by atoms with Gasteiger partial charge in [0, 0.05) is 17.1 Å². The lowest BCUT2D eigenvalue weighted by Crippen LogP contribution is -2.31. The molecule has 1 aliphatic rings. The van der Waals surface area contributed by atoms with Crippen LogP contribution in [0.5, 0.6) is 0 Å². The first-order valence-electron chi connectivity index (χ1n) is 15.5. The van der Waals surface area contributed by atoms with Crippen LogP contribution in [0.2, 0.25) is 0 Å². The van der Waals surface area contributed by atoms with Crippen molar-refractivity contribution in [3.63, 3.8) is 0 Å². The molecule has 8 rings (SSSR count). The summed E-state index contributed by atoms with van der Waals surface area (Å²) in [6.45, 7) is 2.16. The summed E-state index contributed by atoms with van der Waals surface area (Å²) in [4.78, 5) is 2.32. The Kier molecular flexibility index (Phi) is 6.57. The first-order valence-corrected chi connectivity index (χ1v) is 15.5. The van der Waals surface area contributed by atoms with Gasteiger partial charge in [0.2, 0.25) is 0 Å². The molecule has 7 aromatic rings. The minimum Gasteiger partial charge on any atom is -0.311 e. The Morgan fingerprint density at radius 3 is 1.52 bits per heavy atom. The van der Waals surface area contributed by atoms with E-state index < -0.39 is 0 Å². The molecule has 1 heteroatoms. The van der Waals surface area contributed by atoms with Crippen LogP contribution in [0.4, 0.5) is 17.1 Å². The van der Waals surface area contributed by atoms with Crippen molar-refractivity contribution in [3.8, 4) is 22.3 Å². The molecule has 7 aromatic carbocycles. The minimum atomic E-state index is 1.06. The van der Waals surface area contributed by atoms with Gasteiger partial charge >= 0.3 is 0 Å². The maximum absolute atomic E-state index is 2.46. The summed E-state index contributed by atoms with van der Waals surface area (Å²) >= 11 is 0. The lowest BCUT2D eigenvalue weighted by molar-refractivity contribution is 1.12. The summed E-state index contributed by atoms with van der Waals surface area (Å²) in [5, 5.41) is 7.89. The Labute approximate surface area is 258 Å². The van der Waals surface area contributed by atoms with Crippen molar-refractivity contribution in [1.29, 1.82) is 0 Å². The molecule has 0 radical (unpaired) electrons. The van der Waals surface area contributed by atoms with Crippen LogP contribution >= 0.6 is 0 Å². The molecule has 1 nitrogen and oxygen atoms in total. The van der Waals surface area contributed by atoms with Gasteiger partial charge in [0.25, 0.3) is 0 Å². The average molecular weight is 564 g/mol. The molecule has 0 heterocycles. The fourth-order valence-electron chi connectivity index (χ4n) is 6.88. The fourth-order valence-corrected chi connectivity index (χ4v) is 6.88. The van der Waals surface area contributed by atoms with E-state index in [4.69, 9.17) is 0 Å². The molecule has 0 bridgehead atoms. The molecule has 0 aromatic heterocycles. The summed E-state index contributed by atoms with van der Waals surface area (Å²) in [5.41, 5.74) is 9.92. The van der Waals surface area contributed by atoms with E-state index >= 15 is 0 Å². The highest BCUT2D eigenvalue weighted by Crippen LogP contribution is 2.37. The van der Waals surface area contributed by atoms with E-state index in [0.717, 1.165) is 29.9 Å². The number of para-hydroxylation sites is 2. The zero-order valence-electron chi connectivity index (χ0n) is 24.9. The average Bonchev–Trinajstić information content (AvgIpc) is 3.08. The van der Waals surface area contributed by atoms with Crippen molar-refractivity contribution < 1.29 is 0 Å². The second-order valence-electron chi connectivity index (χ2n) is 11.7. The van der Waals surface area contributed by atoms with Crippen LogP contribution in [-0.4, -0.2) is 0 Å². The highest BCUT2D eigenvalue weighted by atomic mass is 15.1. The molecular formula is C43H33N. The van der Waals surface area contributed by atoms with E-state index in [9.17, 15) is 0 Å². The van der Waals surface area contributed by atoms with Gasteiger partial charge in [0.1, 0.15) is 0 Å². The summed E-state index contributed by atoms with van der Waals surface area (Å²) < 4.78 is 0. The number of rotatable bonds is 5. The number of anilines is 3. The molecule has 0 saturated carbocycles. The summed E-state index contributed by atoms with van der Waals surface area (Å²) in [6, 6.07) is 53.0. The highest BCUT2D eigenvalue weighted by molar-refractivity contribution is 6.07. The molecule has 0 fully saturated rings. The van der Waals surface area contributed by atoms with Crippen LogP contribution in [0.1, 0.15) is 18.4 Å². The van der Waals surface area contributed by atoms with Gasteiger partial charge in [-0.15, -0.1) is 0 Å². The molecule has 0 aliphatic heterocycles. The number of benzene rings is 7. The predicted octanol–water partition coefficient (Wildman–Crippen LogP) is 10.5. The van der Waals surface area contributed by atoms with Crippen molar-refractivity contribution in [2.75, 3.05) is 4.90 Å². The maximum Gasteiger partial charge on any atom is 0.0462 e. The van der Waals surface area contributed by atoms with E-state index in [2.05, 4.69) is 170 Å². The van der Waals surface area contributed by atoms with Crippen LogP contribution in [-0.2, 0) is 0 Å². The smallest absolute Gasteiger partial charge is 0.0462 e. The monoisotopic (exact) mass is 563 g/mol. The second-order valence-corrected chi connectivity index (χ2v) is 11.7. The fraction of sp³-hybridized carbons (Fsp3) is 0.0698. The maximum atomic E-state index is 2.46. The van der Waals surface area contributed by atoms with E-state index in [-0.39, 0.29) is 0 Å². The summed E-state index contributed by atoms with van der Waals surface area (Å²) in [5.74, 6) is 0.